The summed E-state index contributed by atoms with van der Waals surface area (Å²) in [6, 6.07) is 15.4. The van der Waals surface area contributed by atoms with E-state index in [1.807, 2.05) is 0 Å². The topological polar surface area (TPSA) is 24.1 Å². The molecule has 2 N–H and O–H groups in total. The molecule has 0 aromatic heterocycles. The van der Waals surface area contributed by atoms with Crippen molar-refractivity contribution < 1.29 is 0 Å². The van der Waals surface area contributed by atoms with Crippen LogP contribution in [0.25, 0.3) is 0 Å². The fraction of sp³-hybridized carbons (Fsp3) is 0.294. The van der Waals surface area contributed by atoms with Crippen molar-refractivity contribution in [2.75, 3.05) is 11.9 Å². The zero-order chi connectivity index (χ0) is 13.9. The van der Waals surface area contributed by atoms with Crippen LogP contribution in [0.15, 0.2) is 46.9 Å². The van der Waals surface area contributed by atoms with Gasteiger partial charge < -0.3 is 10.6 Å². The Labute approximate surface area is 128 Å². The molecule has 2 aromatic carbocycles. The normalized spacial score (nSPS) is 14.7. The van der Waals surface area contributed by atoms with Gasteiger partial charge in [0.05, 0.1) is 0 Å². The van der Waals surface area contributed by atoms with Gasteiger partial charge in [-0.15, -0.1) is 0 Å². The largest absolute Gasteiger partial charge is 0.384 e. The summed E-state index contributed by atoms with van der Waals surface area (Å²) in [6.07, 6.45) is 1.14. The molecule has 0 aliphatic carbocycles. The van der Waals surface area contributed by atoms with E-state index in [9.17, 15) is 0 Å². The maximum atomic E-state index is 3.61. The maximum absolute atomic E-state index is 3.61. The van der Waals surface area contributed by atoms with E-state index in [2.05, 4.69) is 76.0 Å². The molecule has 0 bridgehead atoms. The number of anilines is 1. The van der Waals surface area contributed by atoms with Crippen molar-refractivity contribution in [3.05, 3.63) is 63.6 Å². The van der Waals surface area contributed by atoms with Crippen LogP contribution in [0.4, 0.5) is 5.69 Å². The fourth-order valence-electron chi connectivity index (χ4n) is 2.69. The van der Waals surface area contributed by atoms with Crippen molar-refractivity contribution in [2.45, 2.75) is 25.9 Å². The van der Waals surface area contributed by atoms with Gasteiger partial charge in [-0.05, 0) is 42.2 Å². The third-order valence-electron chi connectivity index (χ3n) is 3.90. The number of hydrogen-bond acceptors (Lipinski definition) is 2. The Balaban J connectivity index is 1.68. The van der Waals surface area contributed by atoms with Crippen molar-refractivity contribution >= 4 is 21.6 Å². The second-order valence-electron chi connectivity index (χ2n) is 5.28. The lowest BCUT2D eigenvalue weighted by Crippen LogP contribution is -2.18. The van der Waals surface area contributed by atoms with Crippen LogP contribution in [0.1, 0.15) is 29.7 Å². The van der Waals surface area contributed by atoms with Crippen LogP contribution in [0.2, 0.25) is 0 Å². The number of rotatable bonds is 4. The highest BCUT2D eigenvalue weighted by atomic mass is 79.9. The van der Waals surface area contributed by atoms with Gasteiger partial charge in [-0.25, -0.2) is 0 Å². The molecular formula is C17H19BrN2. The first-order valence-corrected chi connectivity index (χ1v) is 7.87. The Morgan fingerprint density at radius 3 is 2.80 bits per heavy atom. The molecule has 104 valence electrons. The van der Waals surface area contributed by atoms with Crippen LogP contribution in [0.3, 0.4) is 0 Å². The van der Waals surface area contributed by atoms with Gasteiger partial charge in [-0.3, -0.25) is 0 Å². The Morgan fingerprint density at radius 2 is 2.00 bits per heavy atom. The van der Waals surface area contributed by atoms with Crippen molar-refractivity contribution in [3.63, 3.8) is 0 Å². The molecule has 1 aliphatic rings. The van der Waals surface area contributed by atoms with Crippen LogP contribution in [0.5, 0.6) is 0 Å². The van der Waals surface area contributed by atoms with E-state index in [1.165, 1.54) is 22.4 Å². The zero-order valence-corrected chi connectivity index (χ0v) is 13.2. The van der Waals surface area contributed by atoms with E-state index in [1.54, 1.807) is 0 Å². The second kappa shape index (κ2) is 5.98. The lowest BCUT2D eigenvalue weighted by atomic mass is 10.1. The summed E-state index contributed by atoms with van der Waals surface area (Å²) in [6.45, 7) is 4.17. The predicted octanol–water partition coefficient (Wildman–Crippen LogP) is 4.27. The molecular weight excluding hydrogens is 312 g/mol. The average molecular weight is 331 g/mol. The highest BCUT2D eigenvalue weighted by Crippen LogP contribution is 2.27. The molecule has 1 heterocycles. The average Bonchev–Trinajstić information content (AvgIpc) is 2.94. The standard InChI is InChI=1S/C17H19BrN2/c1-12(13-5-7-16(18)8-6-13)20-11-15-4-2-3-14-9-10-19-17(14)15/h2-8,12,19-20H,9-11H2,1H3. The summed E-state index contributed by atoms with van der Waals surface area (Å²) in [5.41, 5.74) is 5.46. The molecule has 0 fully saturated rings. The first kappa shape index (κ1) is 13.7. The van der Waals surface area contributed by atoms with E-state index in [4.69, 9.17) is 0 Å². The van der Waals surface area contributed by atoms with Gasteiger partial charge in [-0.1, -0.05) is 46.3 Å². The van der Waals surface area contributed by atoms with Gasteiger partial charge in [0.25, 0.3) is 0 Å². The Morgan fingerprint density at radius 1 is 1.20 bits per heavy atom. The number of fused-ring (bicyclic) bond motifs is 1. The minimum Gasteiger partial charge on any atom is -0.384 e. The van der Waals surface area contributed by atoms with E-state index < -0.39 is 0 Å². The van der Waals surface area contributed by atoms with Crippen molar-refractivity contribution in [3.8, 4) is 0 Å². The second-order valence-corrected chi connectivity index (χ2v) is 6.20. The molecule has 3 rings (SSSR count). The minimum absolute atomic E-state index is 0.348. The van der Waals surface area contributed by atoms with Gasteiger partial charge in [0.15, 0.2) is 0 Å². The summed E-state index contributed by atoms with van der Waals surface area (Å²) in [5, 5.41) is 7.10. The zero-order valence-electron chi connectivity index (χ0n) is 11.6. The molecule has 2 nitrogen and oxygen atoms in total. The van der Waals surface area contributed by atoms with Crippen LogP contribution in [-0.4, -0.2) is 6.54 Å². The van der Waals surface area contributed by atoms with Crippen LogP contribution in [-0.2, 0) is 13.0 Å². The third kappa shape index (κ3) is 2.89. The van der Waals surface area contributed by atoms with Crippen LogP contribution >= 0.6 is 15.9 Å². The fourth-order valence-corrected chi connectivity index (χ4v) is 2.95. The van der Waals surface area contributed by atoms with E-state index in [0.29, 0.717) is 6.04 Å². The number of halogens is 1. The van der Waals surface area contributed by atoms with E-state index in [-0.39, 0.29) is 0 Å². The summed E-state index contributed by atoms with van der Waals surface area (Å²) in [7, 11) is 0. The lowest BCUT2D eigenvalue weighted by Gasteiger charge is -2.16. The number of hydrogen-bond donors (Lipinski definition) is 2. The molecule has 20 heavy (non-hydrogen) atoms. The molecule has 0 saturated heterocycles. The molecule has 0 saturated carbocycles. The number of nitrogens with one attached hydrogen (secondary N) is 2. The highest BCUT2D eigenvalue weighted by Gasteiger charge is 2.14. The minimum atomic E-state index is 0.348. The first-order valence-electron chi connectivity index (χ1n) is 7.07. The molecule has 2 aromatic rings. The Kier molecular flexibility index (Phi) is 4.08. The van der Waals surface area contributed by atoms with Crippen molar-refractivity contribution in [1.82, 2.24) is 5.32 Å². The summed E-state index contributed by atoms with van der Waals surface area (Å²) >= 11 is 3.48. The summed E-state index contributed by atoms with van der Waals surface area (Å²) < 4.78 is 1.12. The van der Waals surface area contributed by atoms with Crippen LogP contribution < -0.4 is 10.6 Å². The number of para-hydroxylation sites is 1. The Hall–Kier alpha value is -1.32. The van der Waals surface area contributed by atoms with Crippen LogP contribution in [0, 0.1) is 0 Å². The molecule has 1 atom stereocenters. The maximum Gasteiger partial charge on any atom is 0.0419 e. The van der Waals surface area contributed by atoms with E-state index >= 15 is 0 Å². The summed E-state index contributed by atoms with van der Waals surface area (Å²) in [4.78, 5) is 0. The van der Waals surface area contributed by atoms with E-state index in [0.717, 1.165) is 24.0 Å². The van der Waals surface area contributed by atoms with Crippen molar-refractivity contribution in [2.24, 2.45) is 0 Å². The van der Waals surface area contributed by atoms with Gasteiger partial charge in [-0.2, -0.15) is 0 Å². The smallest absolute Gasteiger partial charge is 0.0419 e. The predicted molar refractivity (Wildman–Crippen MR) is 88.0 cm³/mol. The lowest BCUT2D eigenvalue weighted by molar-refractivity contribution is 0.575. The monoisotopic (exact) mass is 330 g/mol. The summed E-state index contributed by atoms with van der Waals surface area (Å²) in [5.74, 6) is 0. The molecule has 1 aliphatic heterocycles. The first-order chi connectivity index (χ1) is 9.74. The molecule has 1 unspecified atom stereocenters. The number of benzene rings is 2. The molecule has 0 amide bonds. The Bertz CT molecular complexity index is 592. The molecule has 0 spiro atoms. The highest BCUT2D eigenvalue weighted by molar-refractivity contribution is 9.10. The van der Waals surface area contributed by atoms with Gasteiger partial charge in [0.2, 0.25) is 0 Å². The van der Waals surface area contributed by atoms with Gasteiger partial charge in [0.1, 0.15) is 0 Å². The van der Waals surface area contributed by atoms with Gasteiger partial charge >= 0.3 is 0 Å². The van der Waals surface area contributed by atoms with Gasteiger partial charge in [0, 0.05) is 29.3 Å². The quantitative estimate of drug-likeness (QED) is 0.874. The third-order valence-corrected chi connectivity index (χ3v) is 4.43. The molecule has 3 heteroatoms. The SMILES string of the molecule is CC(NCc1cccc2c1NCC2)c1ccc(Br)cc1. The molecule has 0 radical (unpaired) electrons. The van der Waals surface area contributed by atoms with Crippen molar-refractivity contribution in [1.29, 1.82) is 0 Å².